The van der Waals surface area contributed by atoms with Crippen LogP contribution in [0.1, 0.15) is 12.7 Å². The number of benzene rings is 2. The van der Waals surface area contributed by atoms with Crippen molar-refractivity contribution in [1.29, 1.82) is 0 Å². The number of fused-ring (bicyclic) bond motifs is 1. The molecule has 150 valence electrons. The molecule has 0 aliphatic heterocycles. The zero-order chi connectivity index (χ0) is 20.9. The summed E-state index contributed by atoms with van der Waals surface area (Å²) in [5, 5.41) is 5.01. The number of thioether (sulfide) groups is 1. The zero-order valence-corrected chi connectivity index (χ0v) is 16.9. The molecule has 0 fully saturated rings. The summed E-state index contributed by atoms with van der Waals surface area (Å²) in [7, 11) is 0. The molecule has 8 heteroatoms. The van der Waals surface area contributed by atoms with Gasteiger partial charge in [0.15, 0.2) is 5.16 Å². The van der Waals surface area contributed by atoms with Crippen LogP contribution in [0.4, 0.5) is 0 Å². The van der Waals surface area contributed by atoms with E-state index in [0.717, 1.165) is 0 Å². The third kappa shape index (κ3) is 4.18. The van der Waals surface area contributed by atoms with E-state index in [1.165, 1.54) is 16.3 Å². The van der Waals surface area contributed by atoms with Crippen molar-refractivity contribution in [2.75, 3.05) is 5.75 Å². The van der Waals surface area contributed by atoms with Crippen LogP contribution in [0, 0.1) is 0 Å². The maximum atomic E-state index is 13.1. The minimum atomic E-state index is -0.312. The van der Waals surface area contributed by atoms with Crippen molar-refractivity contribution < 1.29 is 9.21 Å². The van der Waals surface area contributed by atoms with Gasteiger partial charge >= 0.3 is 0 Å². The molecule has 0 saturated carbocycles. The molecule has 0 aliphatic rings. The zero-order valence-electron chi connectivity index (χ0n) is 16.1. The number of hydrogen-bond donors (Lipinski definition) is 1. The van der Waals surface area contributed by atoms with E-state index < -0.39 is 0 Å². The first-order chi connectivity index (χ1) is 14.6. The van der Waals surface area contributed by atoms with Crippen molar-refractivity contribution in [1.82, 2.24) is 15.0 Å². The van der Waals surface area contributed by atoms with Gasteiger partial charge in [-0.25, -0.2) is 10.4 Å². The second-order valence-electron chi connectivity index (χ2n) is 6.39. The van der Waals surface area contributed by atoms with Gasteiger partial charge in [-0.3, -0.25) is 14.2 Å². The number of carbonyl (C=O) groups is 1. The van der Waals surface area contributed by atoms with Gasteiger partial charge in [0.1, 0.15) is 11.5 Å². The van der Waals surface area contributed by atoms with Crippen LogP contribution in [-0.4, -0.2) is 26.9 Å². The molecule has 4 rings (SSSR count). The average molecular weight is 418 g/mol. The van der Waals surface area contributed by atoms with Gasteiger partial charge in [0.05, 0.1) is 28.6 Å². The fraction of sp³-hybridized carbons (Fsp3) is 0.0909. The Balaban J connectivity index is 1.60. The number of amides is 1. The number of hydrazone groups is 1. The Morgan fingerprint density at radius 1 is 1.10 bits per heavy atom. The molecule has 0 bridgehead atoms. The second kappa shape index (κ2) is 8.79. The summed E-state index contributed by atoms with van der Waals surface area (Å²) in [5.74, 6) is 0.317. The summed E-state index contributed by atoms with van der Waals surface area (Å²) in [4.78, 5) is 30.0. The maximum absolute atomic E-state index is 13.1. The molecule has 2 aromatic carbocycles. The van der Waals surface area contributed by atoms with Crippen LogP contribution in [0.25, 0.3) is 16.6 Å². The highest BCUT2D eigenvalue weighted by molar-refractivity contribution is 7.99. The van der Waals surface area contributed by atoms with E-state index in [-0.39, 0.29) is 17.2 Å². The van der Waals surface area contributed by atoms with Gasteiger partial charge in [-0.1, -0.05) is 42.1 Å². The smallest absolute Gasteiger partial charge is 0.266 e. The van der Waals surface area contributed by atoms with Crippen LogP contribution in [0.2, 0.25) is 0 Å². The SMILES string of the molecule is CC(=NNC(=O)CSc1nc2ccccc2c(=O)n1-c1ccccc1)c1ccco1. The Labute approximate surface area is 176 Å². The molecule has 0 atom stereocenters. The minimum absolute atomic E-state index is 0.0482. The van der Waals surface area contributed by atoms with Gasteiger partial charge in [-0.2, -0.15) is 5.10 Å². The summed E-state index contributed by atoms with van der Waals surface area (Å²) >= 11 is 1.18. The van der Waals surface area contributed by atoms with E-state index >= 15 is 0 Å². The number of hydrogen-bond acceptors (Lipinski definition) is 6. The summed E-state index contributed by atoms with van der Waals surface area (Å²) in [5.41, 5.74) is 4.16. The lowest BCUT2D eigenvalue weighted by Gasteiger charge is -2.12. The second-order valence-corrected chi connectivity index (χ2v) is 7.33. The lowest BCUT2D eigenvalue weighted by molar-refractivity contribution is -0.118. The molecule has 30 heavy (non-hydrogen) atoms. The third-order valence-electron chi connectivity index (χ3n) is 4.32. The van der Waals surface area contributed by atoms with Crippen molar-refractivity contribution in [3.05, 3.63) is 89.1 Å². The summed E-state index contributed by atoms with van der Waals surface area (Å²) in [6.45, 7) is 1.74. The molecular formula is C22H18N4O3S. The van der Waals surface area contributed by atoms with Crippen LogP contribution in [0.5, 0.6) is 0 Å². The summed E-state index contributed by atoms with van der Waals surface area (Å²) in [6.07, 6.45) is 1.54. The highest BCUT2D eigenvalue weighted by atomic mass is 32.2. The number of rotatable bonds is 6. The van der Waals surface area contributed by atoms with Gasteiger partial charge in [-0.15, -0.1) is 0 Å². The topological polar surface area (TPSA) is 89.5 Å². The highest BCUT2D eigenvalue weighted by Gasteiger charge is 2.14. The molecule has 1 N–H and O–H groups in total. The van der Waals surface area contributed by atoms with Gasteiger partial charge in [-0.05, 0) is 43.3 Å². The fourth-order valence-corrected chi connectivity index (χ4v) is 3.67. The van der Waals surface area contributed by atoms with Crippen LogP contribution < -0.4 is 11.0 Å². The molecule has 4 aromatic rings. The van der Waals surface area contributed by atoms with E-state index in [9.17, 15) is 9.59 Å². The van der Waals surface area contributed by atoms with Crippen LogP contribution >= 0.6 is 11.8 Å². The molecule has 0 aliphatic carbocycles. The average Bonchev–Trinajstić information content (AvgIpc) is 3.32. The molecule has 2 aromatic heterocycles. The monoisotopic (exact) mass is 418 g/mol. The number of aromatic nitrogens is 2. The van der Waals surface area contributed by atoms with Crippen LogP contribution in [-0.2, 0) is 4.79 Å². The van der Waals surface area contributed by atoms with Crippen molar-refractivity contribution in [3.63, 3.8) is 0 Å². The summed E-state index contributed by atoms with van der Waals surface area (Å²) < 4.78 is 6.77. The van der Waals surface area contributed by atoms with Crippen molar-refractivity contribution in [3.8, 4) is 5.69 Å². The number of furan rings is 1. The van der Waals surface area contributed by atoms with Gasteiger partial charge in [0.25, 0.3) is 11.5 Å². The van der Waals surface area contributed by atoms with Crippen LogP contribution in [0.3, 0.4) is 0 Å². The van der Waals surface area contributed by atoms with E-state index in [4.69, 9.17) is 4.42 Å². The van der Waals surface area contributed by atoms with Gasteiger partial charge < -0.3 is 4.42 Å². The highest BCUT2D eigenvalue weighted by Crippen LogP contribution is 2.21. The largest absolute Gasteiger partial charge is 0.463 e. The summed E-state index contributed by atoms with van der Waals surface area (Å²) in [6, 6.07) is 19.9. The fourth-order valence-electron chi connectivity index (χ4n) is 2.86. The number of para-hydroxylation sites is 2. The lowest BCUT2D eigenvalue weighted by Crippen LogP contribution is -2.24. The molecule has 1 amide bonds. The first-order valence-electron chi connectivity index (χ1n) is 9.20. The lowest BCUT2D eigenvalue weighted by atomic mass is 10.2. The van der Waals surface area contributed by atoms with E-state index in [1.807, 2.05) is 36.4 Å². The molecular weight excluding hydrogens is 400 g/mol. The normalized spacial score (nSPS) is 11.6. The molecule has 7 nitrogen and oxygen atoms in total. The first-order valence-corrected chi connectivity index (χ1v) is 10.2. The quantitative estimate of drug-likeness (QED) is 0.224. The van der Waals surface area contributed by atoms with E-state index in [0.29, 0.717) is 33.2 Å². The number of carbonyl (C=O) groups excluding carboxylic acids is 1. The molecule has 0 unspecified atom stereocenters. The molecule has 0 saturated heterocycles. The predicted molar refractivity (Wildman–Crippen MR) is 117 cm³/mol. The maximum Gasteiger partial charge on any atom is 0.266 e. The standard InChI is InChI=1S/C22H18N4O3S/c1-15(19-12-7-13-29-19)24-25-20(27)14-30-22-23-18-11-6-5-10-17(18)21(28)26(22)16-8-3-2-4-9-16/h2-13H,14H2,1H3,(H,25,27). The minimum Gasteiger partial charge on any atom is -0.463 e. The van der Waals surface area contributed by atoms with Gasteiger partial charge in [0.2, 0.25) is 0 Å². The van der Waals surface area contributed by atoms with E-state index in [1.54, 1.807) is 43.5 Å². The van der Waals surface area contributed by atoms with Crippen LogP contribution in [0.15, 0.2) is 92.5 Å². The number of nitrogens with zero attached hydrogens (tertiary/aromatic N) is 3. The van der Waals surface area contributed by atoms with Crippen molar-refractivity contribution in [2.45, 2.75) is 12.1 Å². The Bertz CT molecular complexity index is 1260. The Hall–Kier alpha value is -3.65. The number of nitrogens with one attached hydrogen (secondary N) is 1. The Kier molecular flexibility index (Phi) is 5.76. The van der Waals surface area contributed by atoms with Gasteiger partial charge in [0, 0.05) is 0 Å². The van der Waals surface area contributed by atoms with E-state index in [2.05, 4.69) is 15.5 Å². The van der Waals surface area contributed by atoms with Crippen molar-refractivity contribution in [2.24, 2.45) is 5.10 Å². The molecule has 0 radical (unpaired) electrons. The Morgan fingerprint density at radius 3 is 2.63 bits per heavy atom. The van der Waals surface area contributed by atoms with Crippen molar-refractivity contribution >= 4 is 34.3 Å². The molecule has 2 heterocycles. The third-order valence-corrected chi connectivity index (χ3v) is 5.26. The Morgan fingerprint density at radius 2 is 1.87 bits per heavy atom. The molecule has 0 spiro atoms. The first kappa shape index (κ1) is 19.7. The predicted octanol–water partition coefficient (Wildman–Crippen LogP) is 3.61.